The van der Waals surface area contributed by atoms with Gasteiger partial charge in [0.15, 0.2) is 0 Å². The predicted molar refractivity (Wildman–Crippen MR) is 84.9 cm³/mol. The molecule has 0 spiro atoms. The molecule has 1 saturated carbocycles. The average molecular weight is 355 g/mol. The van der Waals surface area contributed by atoms with Crippen LogP contribution in [0.25, 0.3) is 0 Å². The fourth-order valence-corrected chi connectivity index (χ4v) is 3.10. The lowest BCUT2D eigenvalue weighted by Crippen LogP contribution is -2.34. The Hall–Kier alpha value is -1.06. The maximum Gasteiger partial charge on any atom is 0.126 e. The normalized spacial score (nSPS) is 21.4. The first-order valence-corrected chi connectivity index (χ1v) is 7.75. The molecule has 20 heavy (non-hydrogen) atoms. The predicted octanol–water partition coefficient (Wildman–Crippen LogP) is 5.60. The minimum absolute atomic E-state index is 0.302. The molecule has 0 aromatic heterocycles. The molecule has 0 amide bonds. The van der Waals surface area contributed by atoms with E-state index >= 15 is 0 Å². The van der Waals surface area contributed by atoms with Gasteiger partial charge in [0.25, 0.3) is 0 Å². The fourth-order valence-electron chi connectivity index (χ4n) is 2.62. The van der Waals surface area contributed by atoms with E-state index in [4.69, 9.17) is 11.6 Å². The van der Waals surface area contributed by atoms with E-state index in [1.165, 1.54) is 17.7 Å². The van der Waals surface area contributed by atoms with Crippen molar-refractivity contribution in [3.05, 3.63) is 63.3 Å². The van der Waals surface area contributed by atoms with Crippen LogP contribution in [-0.4, -0.2) is 6.04 Å². The van der Waals surface area contributed by atoms with Gasteiger partial charge >= 0.3 is 0 Å². The summed E-state index contributed by atoms with van der Waals surface area (Å²) in [5.41, 5.74) is 2.12. The minimum atomic E-state index is -0.302. The number of benzene rings is 2. The van der Waals surface area contributed by atoms with Crippen molar-refractivity contribution in [3.8, 4) is 0 Å². The Bertz CT molecular complexity index is 588. The van der Waals surface area contributed by atoms with Gasteiger partial charge in [-0.25, -0.2) is 4.39 Å². The van der Waals surface area contributed by atoms with Gasteiger partial charge in [0.05, 0.1) is 0 Å². The lowest BCUT2D eigenvalue weighted by molar-refractivity contribution is 0.374. The molecule has 2 aromatic carbocycles. The highest BCUT2D eigenvalue weighted by Crippen LogP contribution is 2.39. The summed E-state index contributed by atoms with van der Waals surface area (Å²) in [4.78, 5) is 0. The molecule has 1 nitrogen and oxygen atoms in total. The quantitative estimate of drug-likeness (QED) is 0.756. The molecule has 3 rings (SSSR count). The molecule has 0 unspecified atom stereocenters. The van der Waals surface area contributed by atoms with Gasteiger partial charge in [-0.3, -0.25) is 0 Å². The molecule has 104 valence electrons. The van der Waals surface area contributed by atoms with Crippen LogP contribution in [0.3, 0.4) is 0 Å². The first-order valence-electron chi connectivity index (χ1n) is 6.58. The third-order valence-corrected chi connectivity index (χ3v) is 4.46. The largest absolute Gasteiger partial charge is 0.382 e. The zero-order chi connectivity index (χ0) is 14.1. The molecule has 1 fully saturated rings. The van der Waals surface area contributed by atoms with Gasteiger partial charge in [-0.1, -0.05) is 39.7 Å². The summed E-state index contributed by atoms with van der Waals surface area (Å²) < 4.78 is 14.4. The van der Waals surface area contributed by atoms with Crippen molar-refractivity contribution in [2.75, 3.05) is 5.32 Å². The number of rotatable bonds is 3. The first kappa shape index (κ1) is 13.9. The topological polar surface area (TPSA) is 12.0 Å². The SMILES string of the molecule is Fc1cc(Cl)cc(NC2CC(c3ccc(Br)cc3)C2)c1. The van der Waals surface area contributed by atoms with Gasteiger partial charge < -0.3 is 5.32 Å². The molecule has 4 heteroatoms. The summed E-state index contributed by atoms with van der Waals surface area (Å²) in [6.45, 7) is 0. The zero-order valence-corrected chi connectivity index (χ0v) is 13.1. The van der Waals surface area contributed by atoms with Gasteiger partial charge in [-0.2, -0.15) is 0 Å². The number of hydrogen-bond donors (Lipinski definition) is 1. The van der Waals surface area contributed by atoms with E-state index in [2.05, 4.69) is 45.5 Å². The highest BCUT2D eigenvalue weighted by molar-refractivity contribution is 9.10. The van der Waals surface area contributed by atoms with Gasteiger partial charge in [0.1, 0.15) is 5.82 Å². The summed E-state index contributed by atoms with van der Waals surface area (Å²) in [6, 6.07) is 13.4. The number of anilines is 1. The summed E-state index contributed by atoms with van der Waals surface area (Å²) >= 11 is 9.29. The van der Waals surface area contributed by atoms with Crippen LogP contribution in [0.1, 0.15) is 24.3 Å². The first-order chi connectivity index (χ1) is 9.60. The molecule has 0 aliphatic heterocycles. The Labute approximate surface area is 131 Å². The number of nitrogens with one attached hydrogen (secondary N) is 1. The molecular formula is C16H14BrClFN. The van der Waals surface area contributed by atoms with Crippen molar-refractivity contribution in [2.45, 2.75) is 24.8 Å². The average Bonchev–Trinajstić information content (AvgIpc) is 2.33. The summed E-state index contributed by atoms with van der Waals surface area (Å²) in [6.07, 6.45) is 2.13. The fraction of sp³-hybridized carbons (Fsp3) is 0.250. The highest BCUT2D eigenvalue weighted by Gasteiger charge is 2.30. The van der Waals surface area contributed by atoms with Gasteiger partial charge in [-0.15, -0.1) is 0 Å². The Kier molecular flexibility index (Phi) is 3.99. The molecule has 0 saturated heterocycles. The summed E-state index contributed by atoms with van der Waals surface area (Å²) in [5, 5.41) is 3.76. The second-order valence-electron chi connectivity index (χ2n) is 5.22. The van der Waals surface area contributed by atoms with Crippen molar-refractivity contribution in [3.63, 3.8) is 0 Å². The smallest absolute Gasteiger partial charge is 0.126 e. The van der Waals surface area contributed by atoms with E-state index in [9.17, 15) is 4.39 Å². The number of hydrogen-bond acceptors (Lipinski definition) is 1. The van der Waals surface area contributed by atoms with E-state index in [1.807, 2.05) is 0 Å². The van der Waals surface area contributed by atoms with E-state index in [0.29, 0.717) is 17.0 Å². The zero-order valence-electron chi connectivity index (χ0n) is 10.7. The van der Waals surface area contributed by atoms with Crippen molar-refractivity contribution >= 4 is 33.2 Å². The molecule has 0 bridgehead atoms. The molecule has 0 heterocycles. The van der Waals surface area contributed by atoms with Crippen molar-refractivity contribution in [2.24, 2.45) is 0 Å². The molecular weight excluding hydrogens is 341 g/mol. The van der Waals surface area contributed by atoms with Crippen LogP contribution in [0, 0.1) is 5.82 Å². The second-order valence-corrected chi connectivity index (χ2v) is 6.57. The lowest BCUT2D eigenvalue weighted by Gasteiger charge is -2.37. The molecule has 1 aliphatic rings. The van der Waals surface area contributed by atoms with Crippen LogP contribution in [0.4, 0.5) is 10.1 Å². The molecule has 0 radical (unpaired) electrons. The Balaban J connectivity index is 1.59. The third kappa shape index (κ3) is 3.15. The minimum Gasteiger partial charge on any atom is -0.382 e. The molecule has 1 N–H and O–H groups in total. The van der Waals surface area contributed by atoms with Crippen molar-refractivity contribution in [1.29, 1.82) is 0 Å². The Morgan fingerprint density at radius 2 is 1.80 bits per heavy atom. The number of halogens is 3. The van der Waals surface area contributed by atoms with Gasteiger partial charge in [0, 0.05) is 21.2 Å². The molecule has 0 atom stereocenters. The van der Waals surface area contributed by atoms with Crippen LogP contribution in [-0.2, 0) is 0 Å². The van der Waals surface area contributed by atoms with Crippen LogP contribution < -0.4 is 5.32 Å². The third-order valence-electron chi connectivity index (χ3n) is 3.71. The van der Waals surface area contributed by atoms with Crippen LogP contribution in [0.2, 0.25) is 5.02 Å². The Morgan fingerprint density at radius 3 is 2.45 bits per heavy atom. The maximum atomic E-state index is 13.3. The summed E-state index contributed by atoms with van der Waals surface area (Å²) in [7, 11) is 0. The second kappa shape index (κ2) is 5.74. The van der Waals surface area contributed by atoms with E-state index in [-0.39, 0.29) is 5.82 Å². The van der Waals surface area contributed by atoms with Crippen LogP contribution in [0.5, 0.6) is 0 Å². The molecule has 1 aliphatic carbocycles. The van der Waals surface area contributed by atoms with Crippen molar-refractivity contribution < 1.29 is 4.39 Å². The van der Waals surface area contributed by atoms with E-state index in [1.54, 1.807) is 6.07 Å². The lowest BCUT2D eigenvalue weighted by atomic mass is 9.76. The monoisotopic (exact) mass is 353 g/mol. The summed E-state index contributed by atoms with van der Waals surface area (Å²) in [5.74, 6) is 0.286. The standard InChI is InChI=1S/C16H14BrClFN/c17-12-3-1-10(2-4-12)11-5-15(6-11)20-16-8-13(18)7-14(19)9-16/h1-4,7-9,11,15,20H,5-6H2. The van der Waals surface area contributed by atoms with Crippen molar-refractivity contribution in [1.82, 2.24) is 0 Å². The van der Waals surface area contributed by atoms with Crippen LogP contribution >= 0.6 is 27.5 Å². The van der Waals surface area contributed by atoms with Gasteiger partial charge in [-0.05, 0) is 54.7 Å². The Morgan fingerprint density at radius 1 is 1.10 bits per heavy atom. The van der Waals surface area contributed by atoms with E-state index < -0.39 is 0 Å². The molecule has 2 aromatic rings. The maximum absolute atomic E-state index is 13.3. The van der Waals surface area contributed by atoms with Gasteiger partial charge in [0.2, 0.25) is 0 Å². The van der Waals surface area contributed by atoms with E-state index in [0.717, 1.165) is 23.0 Å². The van der Waals surface area contributed by atoms with Crippen LogP contribution in [0.15, 0.2) is 46.9 Å². The highest BCUT2D eigenvalue weighted by atomic mass is 79.9.